The first-order valence-electron chi connectivity index (χ1n) is 5.22. The van der Waals surface area contributed by atoms with Crippen molar-refractivity contribution in [3.05, 3.63) is 29.3 Å². The quantitative estimate of drug-likeness (QED) is 0.875. The number of benzene rings is 1. The zero-order valence-electron chi connectivity index (χ0n) is 9.43. The van der Waals surface area contributed by atoms with Crippen LogP contribution < -0.4 is 4.90 Å². The van der Waals surface area contributed by atoms with Crippen LogP contribution in [0.3, 0.4) is 0 Å². The average molecular weight is 253 g/mol. The molecule has 1 aromatic carbocycles. The highest BCUT2D eigenvalue weighted by atomic mass is 35.5. The Balaban J connectivity index is 3.01. The number of nitrogens with zero attached hydrogens (tertiary/aromatic N) is 2. The number of hydrogen-bond acceptors (Lipinski definition) is 3. The standard InChI is InChI=1S/C12H13ClN2O2/c1-2-10(7-14)15(8-12(16)17)11-5-3-9(13)4-6-11/h3-6,10H,2,8H2,1H3,(H,16,17). The summed E-state index contributed by atoms with van der Waals surface area (Å²) in [4.78, 5) is 12.4. The molecule has 0 saturated heterocycles. The van der Waals surface area contributed by atoms with Gasteiger partial charge in [0.15, 0.2) is 0 Å². The lowest BCUT2D eigenvalue weighted by Gasteiger charge is -2.26. The Bertz CT molecular complexity index is 425. The van der Waals surface area contributed by atoms with Crippen molar-refractivity contribution in [2.45, 2.75) is 19.4 Å². The first kappa shape index (κ1) is 13.3. The molecule has 1 unspecified atom stereocenters. The molecule has 1 aromatic rings. The summed E-state index contributed by atoms with van der Waals surface area (Å²) in [6.07, 6.45) is 0.562. The summed E-state index contributed by atoms with van der Waals surface area (Å²) in [6.45, 7) is 1.65. The molecule has 90 valence electrons. The molecule has 0 saturated carbocycles. The fourth-order valence-corrected chi connectivity index (χ4v) is 1.67. The van der Waals surface area contributed by atoms with E-state index in [0.29, 0.717) is 17.1 Å². The number of hydrogen-bond donors (Lipinski definition) is 1. The molecule has 0 heterocycles. The van der Waals surface area contributed by atoms with Gasteiger partial charge in [-0.25, -0.2) is 0 Å². The Hall–Kier alpha value is -1.73. The van der Waals surface area contributed by atoms with Crippen molar-refractivity contribution in [2.75, 3.05) is 11.4 Å². The molecule has 1 N–H and O–H groups in total. The van der Waals surface area contributed by atoms with Gasteiger partial charge in [0.2, 0.25) is 0 Å². The van der Waals surface area contributed by atoms with Crippen LogP contribution in [0.1, 0.15) is 13.3 Å². The second kappa shape index (κ2) is 6.12. The second-order valence-electron chi connectivity index (χ2n) is 3.55. The summed E-state index contributed by atoms with van der Waals surface area (Å²) >= 11 is 5.77. The van der Waals surface area contributed by atoms with E-state index in [1.807, 2.05) is 6.92 Å². The van der Waals surface area contributed by atoms with E-state index < -0.39 is 12.0 Å². The van der Waals surface area contributed by atoms with Crippen LogP contribution in [0.4, 0.5) is 5.69 Å². The van der Waals surface area contributed by atoms with Crippen molar-refractivity contribution in [3.8, 4) is 6.07 Å². The van der Waals surface area contributed by atoms with Crippen LogP contribution in [0, 0.1) is 11.3 Å². The van der Waals surface area contributed by atoms with Crippen molar-refractivity contribution in [1.82, 2.24) is 0 Å². The minimum atomic E-state index is -0.964. The Morgan fingerprint density at radius 2 is 2.12 bits per heavy atom. The lowest BCUT2D eigenvalue weighted by atomic mass is 10.1. The summed E-state index contributed by atoms with van der Waals surface area (Å²) in [7, 11) is 0. The van der Waals surface area contributed by atoms with Gasteiger partial charge in [-0.15, -0.1) is 0 Å². The van der Waals surface area contributed by atoms with E-state index in [1.165, 1.54) is 0 Å². The number of anilines is 1. The van der Waals surface area contributed by atoms with Crippen LogP contribution >= 0.6 is 11.6 Å². The number of nitriles is 1. The molecule has 5 heteroatoms. The third-order valence-electron chi connectivity index (χ3n) is 2.38. The van der Waals surface area contributed by atoms with E-state index in [0.717, 1.165) is 0 Å². The van der Waals surface area contributed by atoms with Gasteiger partial charge in [-0.2, -0.15) is 5.26 Å². The molecule has 0 aliphatic rings. The third kappa shape index (κ3) is 3.65. The van der Waals surface area contributed by atoms with E-state index in [1.54, 1.807) is 29.2 Å². The largest absolute Gasteiger partial charge is 0.480 e. The zero-order valence-corrected chi connectivity index (χ0v) is 10.2. The Morgan fingerprint density at radius 1 is 1.53 bits per heavy atom. The number of carbonyl (C=O) groups is 1. The van der Waals surface area contributed by atoms with Crippen LogP contribution in [0.5, 0.6) is 0 Å². The van der Waals surface area contributed by atoms with E-state index in [9.17, 15) is 4.79 Å². The number of carboxylic acids is 1. The van der Waals surface area contributed by atoms with Gasteiger partial charge in [0.05, 0.1) is 6.07 Å². The predicted molar refractivity (Wildman–Crippen MR) is 66.1 cm³/mol. The highest BCUT2D eigenvalue weighted by Crippen LogP contribution is 2.20. The fraction of sp³-hybridized carbons (Fsp3) is 0.333. The fourth-order valence-electron chi connectivity index (χ4n) is 1.54. The monoisotopic (exact) mass is 252 g/mol. The van der Waals surface area contributed by atoms with E-state index >= 15 is 0 Å². The third-order valence-corrected chi connectivity index (χ3v) is 2.63. The van der Waals surface area contributed by atoms with Gasteiger partial charge in [-0.3, -0.25) is 4.79 Å². The van der Waals surface area contributed by atoms with Crippen LogP contribution in [0.15, 0.2) is 24.3 Å². The molecule has 0 aliphatic heterocycles. The highest BCUT2D eigenvalue weighted by Gasteiger charge is 2.19. The van der Waals surface area contributed by atoms with Gasteiger partial charge < -0.3 is 10.0 Å². The van der Waals surface area contributed by atoms with Crippen LogP contribution in [0.2, 0.25) is 5.02 Å². The zero-order chi connectivity index (χ0) is 12.8. The Labute approximate surface area is 105 Å². The molecule has 1 atom stereocenters. The van der Waals surface area contributed by atoms with Crippen molar-refractivity contribution in [2.24, 2.45) is 0 Å². The summed E-state index contributed by atoms with van der Waals surface area (Å²) in [5.74, 6) is -0.964. The molecule has 0 spiro atoms. The molecular weight excluding hydrogens is 240 g/mol. The predicted octanol–water partition coefficient (Wildman–Crippen LogP) is 2.53. The van der Waals surface area contributed by atoms with Crippen molar-refractivity contribution >= 4 is 23.3 Å². The molecule has 0 amide bonds. The maximum Gasteiger partial charge on any atom is 0.323 e. The minimum Gasteiger partial charge on any atom is -0.480 e. The van der Waals surface area contributed by atoms with Gasteiger partial charge in [-0.1, -0.05) is 18.5 Å². The smallest absolute Gasteiger partial charge is 0.323 e. The molecule has 0 aromatic heterocycles. The van der Waals surface area contributed by atoms with Gasteiger partial charge in [0, 0.05) is 10.7 Å². The maximum atomic E-state index is 10.8. The molecule has 17 heavy (non-hydrogen) atoms. The van der Waals surface area contributed by atoms with E-state index in [-0.39, 0.29) is 6.54 Å². The summed E-state index contributed by atoms with van der Waals surface area (Å²) in [6, 6.07) is 8.43. The molecule has 1 rings (SSSR count). The Morgan fingerprint density at radius 3 is 2.53 bits per heavy atom. The minimum absolute atomic E-state index is 0.201. The lowest BCUT2D eigenvalue weighted by molar-refractivity contribution is -0.135. The average Bonchev–Trinajstić information content (AvgIpc) is 2.30. The first-order chi connectivity index (χ1) is 8.08. The topological polar surface area (TPSA) is 64.3 Å². The Kier molecular flexibility index (Phi) is 4.80. The molecule has 4 nitrogen and oxygen atoms in total. The number of aliphatic carboxylic acids is 1. The summed E-state index contributed by atoms with van der Waals surface area (Å²) in [5.41, 5.74) is 0.685. The van der Waals surface area contributed by atoms with E-state index in [4.69, 9.17) is 22.0 Å². The van der Waals surface area contributed by atoms with Crippen LogP contribution in [-0.4, -0.2) is 23.7 Å². The number of halogens is 1. The summed E-state index contributed by atoms with van der Waals surface area (Å²) in [5, 5.41) is 18.5. The number of carboxylic acid groups (broad SMARTS) is 1. The van der Waals surface area contributed by atoms with Gasteiger partial charge >= 0.3 is 5.97 Å². The molecule has 0 radical (unpaired) electrons. The van der Waals surface area contributed by atoms with Gasteiger partial charge in [0.1, 0.15) is 12.6 Å². The van der Waals surface area contributed by atoms with E-state index in [2.05, 4.69) is 6.07 Å². The highest BCUT2D eigenvalue weighted by molar-refractivity contribution is 6.30. The van der Waals surface area contributed by atoms with Crippen molar-refractivity contribution in [1.29, 1.82) is 5.26 Å². The maximum absolute atomic E-state index is 10.8. The molecule has 0 aliphatic carbocycles. The SMILES string of the molecule is CCC(C#N)N(CC(=O)O)c1ccc(Cl)cc1. The molecular formula is C12H13ClN2O2. The van der Waals surface area contributed by atoms with Gasteiger partial charge in [0.25, 0.3) is 0 Å². The number of rotatable bonds is 5. The van der Waals surface area contributed by atoms with Gasteiger partial charge in [-0.05, 0) is 30.7 Å². The van der Waals surface area contributed by atoms with Crippen molar-refractivity contribution < 1.29 is 9.90 Å². The second-order valence-corrected chi connectivity index (χ2v) is 3.99. The van der Waals surface area contributed by atoms with Crippen molar-refractivity contribution in [3.63, 3.8) is 0 Å². The van der Waals surface area contributed by atoms with Crippen LogP contribution in [-0.2, 0) is 4.79 Å². The normalized spacial score (nSPS) is 11.6. The lowest BCUT2D eigenvalue weighted by Crippen LogP contribution is -2.38. The van der Waals surface area contributed by atoms with Crippen LogP contribution in [0.25, 0.3) is 0 Å². The molecule has 0 bridgehead atoms. The molecule has 0 fully saturated rings. The first-order valence-corrected chi connectivity index (χ1v) is 5.60. The summed E-state index contributed by atoms with van der Waals surface area (Å²) < 4.78 is 0.